The van der Waals surface area contributed by atoms with Gasteiger partial charge in [0.05, 0.1) is 6.10 Å². The second kappa shape index (κ2) is 3.66. The number of carboxylic acids is 1. The predicted molar refractivity (Wildman–Crippen MR) is 39.7 cm³/mol. The van der Waals surface area contributed by atoms with Gasteiger partial charge < -0.3 is 21.7 Å². The summed E-state index contributed by atoms with van der Waals surface area (Å²) in [5, 5.41) is 17.5. The van der Waals surface area contributed by atoms with Crippen LogP contribution in [0.1, 0.15) is 19.8 Å². The van der Waals surface area contributed by atoms with E-state index in [1.165, 1.54) is 0 Å². The molecule has 0 saturated heterocycles. The van der Waals surface area contributed by atoms with E-state index < -0.39 is 17.7 Å². The first kappa shape index (κ1) is 10.3. The van der Waals surface area contributed by atoms with E-state index in [1.807, 2.05) is 0 Å². The number of aliphatic hydroxyl groups excluding tert-OH is 1. The summed E-state index contributed by atoms with van der Waals surface area (Å²) in [4.78, 5) is 10.3. The molecule has 0 rings (SSSR count). The molecule has 0 aliphatic rings. The van der Waals surface area contributed by atoms with E-state index in [0.29, 0.717) is 12.8 Å². The van der Waals surface area contributed by atoms with Crippen molar-refractivity contribution in [3.8, 4) is 0 Å². The summed E-state index contributed by atoms with van der Waals surface area (Å²) in [5.41, 5.74) is 8.22. The molecular formula is C6H14N2O3. The number of carbonyl (C=O) groups is 1. The van der Waals surface area contributed by atoms with Crippen molar-refractivity contribution in [2.45, 2.75) is 31.5 Å². The Morgan fingerprint density at radius 2 is 2.09 bits per heavy atom. The Morgan fingerprint density at radius 3 is 2.36 bits per heavy atom. The van der Waals surface area contributed by atoms with Crippen LogP contribution in [0.2, 0.25) is 0 Å². The average molecular weight is 162 g/mol. The van der Waals surface area contributed by atoms with Crippen molar-refractivity contribution in [3.05, 3.63) is 0 Å². The lowest BCUT2D eigenvalue weighted by Gasteiger charge is -2.24. The van der Waals surface area contributed by atoms with Gasteiger partial charge in [-0.2, -0.15) is 0 Å². The lowest BCUT2D eigenvalue weighted by molar-refractivity contribution is -0.147. The molecule has 0 heterocycles. The monoisotopic (exact) mass is 162 g/mol. The zero-order valence-corrected chi connectivity index (χ0v) is 6.45. The van der Waals surface area contributed by atoms with Crippen LogP contribution in [0.15, 0.2) is 0 Å². The Balaban J connectivity index is 4.17. The minimum atomic E-state index is -2.02. The largest absolute Gasteiger partial charge is 0.479 e. The van der Waals surface area contributed by atoms with Crippen LogP contribution in [0.3, 0.4) is 0 Å². The third-order valence-corrected chi connectivity index (χ3v) is 1.48. The van der Waals surface area contributed by atoms with Crippen LogP contribution in [0.5, 0.6) is 0 Å². The molecule has 0 fully saturated rings. The summed E-state index contributed by atoms with van der Waals surface area (Å²) in [6.45, 7) is 1.81. The van der Waals surface area contributed by atoms with Crippen molar-refractivity contribution in [3.63, 3.8) is 0 Å². The van der Waals surface area contributed by atoms with Crippen LogP contribution >= 0.6 is 0 Å². The van der Waals surface area contributed by atoms with Crippen LogP contribution in [0.4, 0.5) is 0 Å². The van der Waals surface area contributed by atoms with Crippen molar-refractivity contribution < 1.29 is 15.0 Å². The molecule has 0 saturated carbocycles. The third kappa shape index (κ3) is 2.45. The van der Waals surface area contributed by atoms with E-state index in [9.17, 15) is 4.79 Å². The summed E-state index contributed by atoms with van der Waals surface area (Å²) in [6.07, 6.45) is -0.255. The van der Waals surface area contributed by atoms with Crippen molar-refractivity contribution in [1.29, 1.82) is 0 Å². The quantitative estimate of drug-likeness (QED) is 0.390. The number of aliphatic carboxylic acids is 1. The molecule has 11 heavy (non-hydrogen) atoms. The van der Waals surface area contributed by atoms with Crippen LogP contribution in [-0.2, 0) is 4.79 Å². The van der Waals surface area contributed by atoms with E-state index in [0.717, 1.165) is 0 Å². The minimum absolute atomic E-state index is 0.291. The van der Waals surface area contributed by atoms with E-state index in [2.05, 4.69) is 0 Å². The molecule has 0 aliphatic carbocycles. The van der Waals surface area contributed by atoms with Gasteiger partial charge in [-0.25, -0.2) is 4.79 Å². The fourth-order valence-electron chi connectivity index (χ4n) is 0.655. The molecule has 5 heteroatoms. The molecule has 6 N–H and O–H groups in total. The van der Waals surface area contributed by atoms with Crippen molar-refractivity contribution in [2.24, 2.45) is 11.5 Å². The second-order valence-electron chi connectivity index (χ2n) is 2.54. The molecule has 0 bridgehead atoms. The summed E-state index contributed by atoms with van der Waals surface area (Å²) in [7, 11) is 0. The first-order chi connectivity index (χ1) is 4.92. The predicted octanol–water partition coefficient (Wildman–Crippen LogP) is -1.15. The van der Waals surface area contributed by atoms with Crippen LogP contribution in [-0.4, -0.2) is 27.9 Å². The Hall–Kier alpha value is -0.650. The number of hydrogen-bond donors (Lipinski definition) is 4. The van der Waals surface area contributed by atoms with Crippen molar-refractivity contribution in [2.75, 3.05) is 0 Å². The number of nitrogens with two attached hydrogens (primary N) is 2. The molecule has 0 aromatic carbocycles. The van der Waals surface area contributed by atoms with Gasteiger partial charge in [-0.1, -0.05) is 13.3 Å². The number of carboxylic acid groups (broad SMARTS) is 1. The van der Waals surface area contributed by atoms with Crippen LogP contribution < -0.4 is 11.5 Å². The van der Waals surface area contributed by atoms with E-state index in [-0.39, 0.29) is 0 Å². The Bertz CT molecular complexity index is 147. The molecule has 0 aromatic rings. The van der Waals surface area contributed by atoms with Gasteiger partial charge in [0.1, 0.15) is 0 Å². The fourth-order valence-corrected chi connectivity index (χ4v) is 0.655. The molecular weight excluding hydrogens is 148 g/mol. The van der Waals surface area contributed by atoms with Gasteiger partial charge in [-0.3, -0.25) is 0 Å². The maximum absolute atomic E-state index is 10.3. The highest BCUT2D eigenvalue weighted by Gasteiger charge is 2.36. The van der Waals surface area contributed by atoms with Crippen molar-refractivity contribution in [1.82, 2.24) is 0 Å². The molecule has 0 aromatic heterocycles. The van der Waals surface area contributed by atoms with E-state index in [4.69, 9.17) is 21.7 Å². The standard InChI is InChI=1S/C6H14N2O3/c1-2-3-4(9)6(7,8)5(10)11/h4,9H,2-3,7-8H2,1H3,(H,10,11). The lowest BCUT2D eigenvalue weighted by atomic mass is 10.0. The minimum Gasteiger partial charge on any atom is -0.479 e. The Kier molecular flexibility index (Phi) is 3.44. The van der Waals surface area contributed by atoms with E-state index in [1.54, 1.807) is 6.92 Å². The highest BCUT2D eigenvalue weighted by atomic mass is 16.4. The zero-order valence-electron chi connectivity index (χ0n) is 6.45. The number of aliphatic hydroxyl groups is 1. The molecule has 66 valence electrons. The van der Waals surface area contributed by atoms with Crippen LogP contribution in [0, 0.1) is 0 Å². The van der Waals surface area contributed by atoms with Gasteiger partial charge in [0.25, 0.3) is 0 Å². The maximum Gasteiger partial charge on any atom is 0.341 e. The molecule has 0 amide bonds. The molecule has 5 nitrogen and oxygen atoms in total. The smallest absolute Gasteiger partial charge is 0.341 e. The fraction of sp³-hybridized carbons (Fsp3) is 0.833. The lowest BCUT2D eigenvalue weighted by Crippen LogP contribution is -2.64. The molecule has 0 radical (unpaired) electrons. The first-order valence-corrected chi connectivity index (χ1v) is 3.42. The molecule has 0 aliphatic heterocycles. The Labute approximate surface area is 65.0 Å². The van der Waals surface area contributed by atoms with Gasteiger partial charge in [0, 0.05) is 0 Å². The Morgan fingerprint density at radius 1 is 1.64 bits per heavy atom. The molecule has 1 unspecified atom stereocenters. The molecule has 0 spiro atoms. The SMILES string of the molecule is CCCC(O)C(N)(N)C(=O)O. The van der Waals surface area contributed by atoms with Gasteiger partial charge in [-0.05, 0) is 6.42 Å². The summed E-state index contributed by atoms with van der Waals surface area (Å²) >= 11 is 0. The van der Waals surface area contributed by atoms with Gasteiger partial charge in [0.2, 0.25) is 0 Å². The average Bonchev–Trinajstić information content (AvgIpc) is 1.88. The normalized spacial score (nSPS) is 14.5. The number of rotatable bonds is 4. The maximum atomic E-state index is 10.3. The molecule has 1 atom stereocenters. The van der Waals surface area contributed by atoms with Gasteiger partial charge in [0.15, 0.2) is 5.66 Å². The highest BCUT2D eigenvalue weighted by molar-refractivity contribution is 5.78. The topological polar surface area (TPSA) is 110 Å². The third-order valence-electron chi connectivity index (χ3n) is 1.48. The van der Waals surface area contributed by atoms with E-state index >= 15 is 0 Å². The second-order valence-corrected chi connectivity index (χ2v) is 2.54. The zero-order chi connectivity index (χ0) is 9.07. The number of hydrogen-bond acceptors (Lipinski definition) is 4. The van der Waals surface area contributed by atoms with Crippen molar-refractivity contribution >= 4 is 5.97 Å². The first-order valence-electron chi connectivity index (χ1n) is 3.42. The highest BCUT2D eigenvalue weighted by Crippen LogP contribution is 2.06. The van der Waals surface area contributed by atoms with Crippen LogP contribution in [0.25, 0.3) is 0 Å². The van der Waals surface area contributed by atoms with Gasteiger partial charge in [-0.15, -0.1) is 0 Å². The summed E-state index contributed by atoms with van der Waals surface area (Å²) in [5.74, 6) is -1.39. The summed E-state index contributed by atoms with van der Waals surface area (Å²) in [6, 6.07) is 0. The van der Waals surface area contributed by atoms with Gasteiger partial charge >= 0.3 is 5.97 Å². The summed E-state index contributed by atoms with van der Waals surface area (Å²) < 4.78 is 0.